The van der Waals surface area contributed by atoms with Crippen molar-refractivity contribution in [2.75, 3.05) is 6.54 Å². The summed E-state index contributed by atoms with van der Waals surface area (Å²) in [4.78, 5) is 21.5. The van der Waals surface area contributed by atoms with E-state index in [9.17, 15) is 23.5 Å². The molecule has 0 atom stereocenters. The van der Waals surface area contributed by atoms with E-state index >= 15 is 0 Å². The number of amides is 1. The normalized spacial score (nSPS) is 10.1. The number of carboxylic acid groups (broad SMARTS) is 1. The Balaban J connectivity index is 2.81. The van der Waals surface area contributed by atoms with Crippen LogP contribution in [0.2, 0.25) is 0 Å². The zero-order chi connectivity index (χ0) is 12.8. The third-order valence-electron chi connectivity index (χ3n) is 1.74. The fourth-order valence-corrected chi connectivity index (χ4v) is 1.10. The van der Waals surface area contributed by atoms with Gasteiger partial charge in [0.2, 0.25) is 0 Å². The summed E-state index contributed by atoms with van der Waals surface area (Å²) < 4.78 is 28.2. The summed E-state index contributed by atoms with van der Waals surface area (Å²) in [7, 11) is 0. The fourth-order valence-electron chi connectivity index (χ4n) is 1.10. The highest BCUT2D eigenvalue weighted by atomic mass is 19.3. The highest BCUT2D eigenvalue weighted by Crippen LogP contribution is 2.19. The fraction of sp³-hybridized carbons (Fsp3) is 0.200. The lowest BCUT2D eigenvalue weighted by molar-refractivity contribution is -0.303. The molecule has 5 nitrogen and oxygen atoms in total. The summed E-state index contributed by atoms with van der Waals surface area (Å²) >= 11 is 0. The van der Waals surface area contributed by atoms with Crippen molar-refractivity contribution >= 4 is 11.9 Å². The Bertz CT molecular complexity index is 423. The number of halogens is 2. The van der Waals surface area contributed by atoms with Gasteiger partial charge in [-0.05, 0) is 12.1 Å². The van der Waals surface area contributed by atoms with Gasteiger partial charge >= 0.3 is 6.61 Å². The van der Waals surface area contributed by atoms with Gasteiger partial charge in [-0.15, -0.1) is 0 Å². The first-order valence-corrected chi connectivity index (χ1v) is 4.52. The Morgan fingerprint density at radius 2 is 2.00 bits per heavy atom. The maximum absolute atomic E-state index is 12.0. The number of ether oxygens (including phenoxy) is 1. The molecule has 0 aliphatic rings. The second-order valence-electron chi connectivity index (χ2n) is 2.93. The van der Waals surface area contributed by atoms with E-state index in [0.717, 1.165) is 0 Å². The van der Waals surface area contributed by atoms with Crippen LogP contribution in [0.15, 0.2) is 24.3 Å². The number of hydrogen-bond donors (Lipinski definition) is 1. The van der Waals surface area contributed by atoms with E-state index < -0.39 is 25.0 Å². The lowest BCUT2D eigenvalue weighted by Crippen LogP contribution is -2.37. The van der Waals surface area contributed by atoms with E-state index in [-0.39, 0.29) is 11.3 Å². The molecule has 0 radical (unpaired) electrons. The molecule has 0 heterocycles. The zero-order valence-corrected chi connectivity index (χ0v) is 8.48. The van der Waals surface area contributed by atoms with E-state index in [4.69, 9.17) is 0 Å². The molecular weight excluding hydrogens is 236 g/mol. The highest BCUT2D eigenvalue weighted by Gasteiger charge is 2.14. The Labute approximate surface area is 95.0 Å². The number of hydrogen-bond acceptors (Lipinski definition) is 4. The molecule has 0 aliphatic carbocycles. The molecule has 17 heavy (non-hydrogen) atoms. The van der Waals surface area contributed by atoms with Crippen LogP contribution in [-0.4, -0.2) is 25.0 Å². The maximum Gasteiger partial charge on any atom is 0.387 e. The first-order valence-electron chi connectivity index (χ1n) is 4.52. The van der Waals surface area contributed by atoms with Crippen LogP contribution in [0, 0.1) is 0 Å². The van der Waals surface area contributed by atoms with Gasteiger partial charge in [0, 0.05) is 0 Å². The van der Waals surface area contributed by atoms with Gasteiger partial charge < -0.3 is 20.0 Å². The monoisotopic (exact) mass is 244 g/mol. The van der Waals surface area contributed by atoms with Gasteiger partial charge in [0.05, 0.1) is 18.1 Å². The minimum Gasteiger partial charge on any atom is -0.548 e. The van der Waals surface area contributed by atoms with Crippen LogP contribution in [0.5, 0.6) is 5.75 Å². The average Bonchev–Trinajstić information content (AvgIpc) is 2.25. The summed E-state index contributed by atoms with van der Waals surface area (Å²) in [6, 6.07) is 5.27. The van der Waals surface area contributed by atoms with Crippen molar-refractivity contribution < 1.29 is 28.2 Å². The van der Waals surface area contributed by atoms with Crippen molar-refractivity contribution in [3.63, 3.8) is 0 Å². The van der Waals surface area contributed by atoms with Crippen LogP contribution in [0.1, 0.15) is 10.4 Å². The number of carbonyl (C=O) groups is 2. The predicted octanol–water partition coefficient (Wildman–Crippen LogP) is -0.232. The molecule has 0 fully saturated rings. The summed E-state index contributed by atoms with van der Waals surface area (Å²) in [5.74, 6) is -2.63. The summed E-state index contributed by atoms with van der Waals surface area (Å²) in [6.07, 6.45) is 0. The molecule has 1 aromatic rings. The van der Waals surface area contributed by atoms with Gasteiger partial charge in [0.1, 0.15) is 5.75 Å². The Hall–Kier alpha value is -2.18. The van der Waals surface area contributed by atoms with Crippen LogP contribution in [0.3, 0.4) is 0 Å². The SMILES string of the molecule is O=C([O-])CNC(=O)c1ccccc1OC(F)F. The van der Waals surface area contributed by atoms with Gasteiger partial charge in [-0.1, -0.05) is 12.1 Å². The van der Waals surface area contributed by atoms with Crippen LogP contribution in [-0.2, 0) is 4.79 Å². The van der Waals surface area contributed by atoms with Gasteiger partial charge in [-0.25, -0.2) is 0 Å². The molecule has 92 valence electrons. The van der Waals surface area contributed by atoms with Crippen molar-refractivity contribution in [1.82, 2.24) is 5.32 Å². The lowest BCUT2D eigenvalue weighted by atomic mass is 10.2. The smallest absolute Gasteiger partial charge is 0.387 e. The molecule has 0 unspecified atom stereocenters. The molecule has 1 rings (SSSR count). The molecule has 0 bridgehead atoms. The van der Waals surface area contributed by atoms with Crippen LogP contribution >= 0.6 is 0 Å². The molecule has 0 saturated heterocycles. The number of para-hydroxylation sites is 1. The van der Waals surface area contributed by atoms with Crippen molar-refractivity contribution in [2.45, 2.75) is 6.61 Å². The number of aliphatic carboxylic acids is 1. The van der Waals surface area contributed by atoms with Gasteiger partial charge in [-0.3, -0.25) is 4.79 Å². The van der Waals surface area contributed by atoms with E-state index in [1.807, 2.05) is 5.32 Å². The van der Waals surface area contributed by atoms with Crippen LogP contribution < -0.4 is 15.2 Å². The molecule has 1 aromatic carbocycles. The number of carboxylic acids is 1. The number of benzene rings is 1. The second-order valence-corrected chi connectivity index (χ2v) is 2.93. The standard InChI is InChI=1S/C10H9F2NO4/c11-10(12)17-7-4-2-1-3-6(7)9(16)13-5-8(14)15/h1-4,10H,5H2,(H,13,16)(H,14,15)/p-1. The average molecular weight is 244 g/mol. The quantitative estimate of drug-likeness (QED) is 0.775. The van der Waals surface area contributed by atoms with Crippen molar-refractivity contribution in [3.05, 3.63) is 29.8 Å². The summed E-state index contributed by atoms with van der Waals surface area (Å²) in [5, 5.41) is 12.1. The molecule has 1 amide bonds. The first kappa shape index (κ1) is 12.9. The van der Waals surface area contributed by atoms with Gasteiger partial charge in [-0.2, -0.15) is 8.78 Å². The van der Waals surface area contributed by atoms with Gasteiger partial charge in [0.15, 0.2) is 0 Å². The number of carbonyl (C=O) groups excluding carboxylic acids is 2. The molecule has 0 aromatic heterocycles. The topological polar surface area (TPSA) is 78.5 Å². The third-order valence-corrected chi connectivity index (χ3v) is 1.74. The largest absolute Gasteiger partial charge is 0.548 e. The summed E-state index contributed by atoms with van der Waals surface area (Å²) in [6.45, 7) is -3.77. The molecule has 0 aliphatic heterocycles. The van der Waals surface area contributed by atoms with E-state index in [0.29, 0.717) is 0 Å². The molecule has 1 N–H and O–H groups in total. The van der Waals surface area contributed by atoms with E-state index in [1.165, 1.54) is 24.3 Å². The van der Waals surface area contributed by atoms with Crippen molar-refractivity contribution in [3.8, 4) is 5.75 Å². The number of rotatable bonds is 5. The number of alkyl halides is 2. The third kappa shape index (κ3) is 4.06. The molecule has 7 heteroatoms. The number of nitrogens with one attached hydrogen (secondary N) is 1. The van der Waals surface area contributed by atoms with Crippen LogP contribution in [0.25, 0.3) is 0 Å². The van der Waals surface area contributed by atoms with E-state index in [2.05, 4.69) is 4.74 Å². The summed E-state index contributed by atoms with van der Waals surface area (Å²) in [5.41, 5.74) is -0.172. The molecular formula is C10H8F2NO4-. The van der Waals surface area contributed by atoms with Crippen molar-refractivity contribution in [2.24, 2.45) is 0 Å². The molecule has 0 saturated carbocycles. The van der Waals surface area contributed by atoms with E-state index in [1.54, 1.807) is 0 Å². The van der Waals surface area contributed by atoms with Crippen LogP contribution in [0.4, 0.5) is 8.78 Å². The zero-order valence-electron chi connectivity index (χ0n) is 8.48. The lowest BCUT2D eigenvalue weighted by Gasteiger charge is -2.10. The Morgan fingerprint density at radius 3 is 2.59 bits per heavy atom. The minimum atomic E-state index is -3.06. The Kier molecular flexibility index (Phi) is 4.38. The predicted molar refractivity (Wildman–Crippen MR) is 50.4 cm³/mol. The molecule has 0 spiro atoms. The highest BCUT2D eigenvalue weighted by molar-refractivity contribution is 5.98. The Morgan fingerprint density at radius 1 is 1.35 bits per heavy atom. The van der Waals surface area contributed by atoms with Gasteiger partial charge in [0.25, 0.3) is 5.91 Å². The minimum absolute atomic E-state index is 0.172. The first-order chi connectivity index (χ1) is 8.00. The second kappa shape index (κ2) is 5.78. The maximum atomic E-state index is 12.0. The van der Waals surface area contributed by atoms with Crippen molar-refractivity contribution in [1.29, 1.82) is 0 Å².